The standard InChI is InChI=1S/C22H27N5O3S/c1-2-3-4-5-6-7-8-11-16-24-19(23)17-21(25-16)27(22-18(29)14(28)13-30-22)20(26-17)15-10-9-12-31-15/h9-10,12,14,18,22,28-29H,2-7,13H2,1H3,(H2,23,24,25)/t14-,18-,22-/m1/s1. The van der Waals surface area contributed by atoms with Crippen molar-refractivity contribution in [3.05, 3.63) is 23.3 Å². The Labute approximate surface area is 185 Å². The lowest BCUT2D eigenvalue weighted by atomic mass is 10.1. The fourth-order valence-electron chi connectivity index (χ4n) is 3.64. The topological polar surface area (TPSA) is 119 Å². The van der Waals surface area contributed by atoms with Gasteiger partial charge in [0.15, 0.2) is 29.0 Å². The summed E-state index contributed by atoms with van der Waals surface area (Å²) in [5.74, 6) is 7.23. The van der Waals surface area contributed by atoms with E-state index >= 15 is 0 Å². The molecule has 0 bridgehead atoms. The molecule has 4 rings (SSSR count). The van der Waals surface area contributed by atoms with Crippen LogP contribution in [-0.2, 0) is 4.74 Å². The second kappa shape index (κ2) is 9.75. The van der Waals surface area contributed by atoms with Crippen molar-refractivity contribution in [3.8, 4) is 22.5 Å². The number of hydrogen-bond donors (Lipinski definition) is 3. The van der Waals surface area contributed by atoms with Gasteiger partial charge in [-0.3, -0.25) is 4.57 Å². The molecule has 0 saturated carbocycles. The van der Waals surface area contributed by atoms with Crippen molar-refractivity contribution in [1.29, 1.82) is 0 Å². The molecule has 1 aliphatic heterocycles. The number of anilines is 1. The van der Waals surface area contributed by atoms with Crippen LogP contribution < -0.4 is 5.73 Å². The molecule has 1 saturated heterocycles. The van der Waals surface area contributed by atoms with Crippen LogP contribution in [0.1, 0.15) is 57.5 Å². The first-order chi connectivity index (χ1) is 15.1. The average Bonchev–Trinajstić information content (AvgIpc) is 3.48. The molecule has 0 unspecified atom stereocenters. The number of aromatic nitrogens is 4. The molecular weight excluding hydrogens is 414 g/mol. The van der Waals surface area contributed by atoms with Gasteiger partial charge in [-0.15, -0.1) is 11.3 Å². The van der Waals surface area contributed by atoms with Crippen molar-refractivity contribution in [2.75, 3.05) is 12.3 Å². The molecule has 1 fully saturated rings. The Balaban J connectivity index is 1.69. The monoisotopic (exact) mass is 441 g/mol. The first-order valence-electron chi connectivity index (χ1n) is 10.7. The zero-order valence-electron chi connectivity index (χ0n) is 17.5. The second-order valence-electron chi connectivity index (χ2n) is 7.64. The van der Waals surface area contributed by atoms with Gasteiger partial charge in [0.2, 0.25) is 5.82 Å². The summed E-state index contributed by atoms with van der Waals surface area (Å²) in [5, 5.41) is 22.4. The van der Waals surface area contributed by atoms with Crippen LogP contribution in [0.15, 0.2) is 17.5 Å². The Hall–Kier alpha value is -2.51. The van der Waals surface area contributed by atoms with E-state index in [2.05, 4.69) is 33.7 Å². The molecular formula is C22H27N5O3S. The van der Waals surface area contributed by atoms with Gasteiger partial charge in [-0.25, -0.2) is 15.0 Å². The van der Waals surface area contributed by atoms with Gasteiger partial charge in [0, 0.05) is 6.42 Å². The lowest BCUT2D eigenvalue weighted by Gasteiger charge is -2.19. The highest BCUT2D eigenvalue weighted by Gasteiger charge is 2.39. The number of rotatable bonds is 7. The molecule has 4 N–H and O–H groups in total. The molecule has 0 spiro atoms. The Morgan fingerprint density at radius 3 is 2.77 bits per heavy atom. The third-order valence-electron chi connectivity index (χ3n) is 5.29. The van der Waals surface area contributed by atoms with Gasteiger partial charge < -0.3 is 20.7 Å². The third kappa shape index (κ3) is 4.57. The zero-order valence-corrected chi connectivity index (χ0v) is 18.3. The number of aliphatic hydroxyl groups excluding tert-OH is 2. The number of aliphatic hydroxyl groups is 2. The predicted octanol–water partition coefficient (Wildman–Crippen LogP) is 3.10. The van der Waals surface area contributed by atoms with Gasteiger partial charge in [0.25, 0.3) is 0 Å². The number of nitrogen functional groups attached to an aromatic ring is 1. The van der Waals surface area contributed by atoms with E-state index < -0.39 is 18.4 Å². The Morgan fingerprint density at radius 2 is 2.06 bits per heavy atom. The fraction of sp³-hybridized carbons (Fsp3) is 0.500. The molecule has 3 aromatic rings. The second-order valence-corrected chi connectivity index (χ2v) is 8.58. The van der Waals surface area contributed by atoms with Gasteiger partial charge in [-0.05, 0) is 23.8 Å². The van der Waals surface area contributed by atoms with Crippen LogP contribution >= 0.6 is 11.3 Å². The van der Waals surface area contributed by atoms with Crippen molar-refractivity contribution < 1.29 is 14.9 Å². The number of unbranched alkanes of at least 4 members (excludes halogenated alkanes) is 5. The Bertz CT molecular complexity index is 1090. The van der Waals surface area contributed by atoms with Crippen LogP contribution in [-0.4, -0.2) is 48.5 Å². The quantitative estimate of drug-likeness (QED) is 0.381. The fourth-order valence-corrected chi connectivity index (χ4v) is 4.35. The minimum atomic E-state index is -1.11. The van der Waals surface area contributed by atoms with Crippen molar-refractivity contribution in [2.45, 2.75) is 63.9 Å². The number of thiophene rings is 1. The number of ether oxygens (including phenoxy) is 1. The normalized spacial score (nSPS) is 20.8. The molecule has 9 heteroatoms. The summed E-state index contributed by atoms with van der Waals surface area (Å²) in [6.07, 6.45) is 3.78. The molecule has 0 amide bonds. The van der Waals surface area contributed by atoms with Crippen molar-refractivity contribution in [3.63, 3.8) is 0 Å². The van der Waals surface area contributed by atoms with Crippen molar-refractivity contribution >= 4 is 28.3 Å². The van der Waals surface area contributed by atoms with Gasteiger partial charge >= 0.3 is 0 Å². The van der Waals surface area contributed by atoms with Crippen LogP contribution in [0.25, 0.3) is 21.9 Å². The minimum Gasteiger partial charge on any atom is -0.388 e. The smallest absolute Gasteiger partial charge is 0.208 e. The lowest BCUT2D eigenvalue weighted by Crippen LogP contribution is -2.28. The lowest BCUT2D eigenvalue weighted by molar-refractivity contribution is -0.0152. The summed E-state index contributed by atoms with van der Waals surface area (Å²) in [6.45, 7) is 2.23. The maximum Gasteiger partial charge on any atom is 0.208 e. The Kier molecular flexibility index (Phi) is 6.83. The molecule has 4 heterocycles. The molecule has 3 aromatic heterocycles. The Morgan fingerprint density at radius 1 is 1.23 bits per heavy atom. The highest BCUT2D eigenvalue weighted by Crippen LogP contribution is 2.36. The van der Waals surface area contributed by atoms with Crippen LogP contribution in [0.2, 0.25) is 0 Å². The number of fused-ring (bicyclic) bond motifs is 1. The van der Waals surface area contributed by atoms with E-state index in [1.54, 1.807) is 4.57 Å². The van der Waals surface area contributed by atoms with Crippen molar-refractivity contribution in [1.82, 2.24) is 19.5 Å². The molecule has 31 heavy (non-hydrogen) atoms. The minimum absolute atomic E-state index is 0.0284. The summed E-state index contributed by atoms with van der Waals surface area (Å²) in [7, 11) is 0. The van der Waals surface area contributed by atoms with Crippen molar-refractivity contribution in [2.24, 2.45) is 0 Å². The first-order valence-corrected chi connectivity index (χ1v) is 11.5. The number of nitrogens with zero attached hydrogens (tertiary/aromatic N) is 4. The molecule has 0 aliphatic carbocycles. The highest BCUT2D eigenvalue weighted by molar-refractivity contribution is 7.13. The maximum absolute atomic E-state index is 10.5. The van der Waals surface area contributed by atoms with Crippen LogP contribution in [0, 0.1) is 11.8 Å². The van der Waals surface area contributed by atoms with E-state index in [4.69, 9.17) is 10.5 Å². The zero-order chi connectivity index (χ0) is 21.8. The van der Waals surface area contributed by atoms with E-state index in [-0.39, 0.29) is 12.4 Å². The maximum atomic E-state index is 10.5. The number of nitrogens with two attached hydrogens (primary N) is 1. The van der Waals surface area contributed by atoms with Gasteiger partial charge in [-0.2, -0.15) is 0 Å². The van der Waals surface area contributed by atoms with Crippen LogP contribution in [0.5, 0.6) is 0 Å². The highest BCUT2D eigenvalue weighted by atomic mass is 32.1. The largest absolute Gasteiger partial charge is 0.388 e. The van der Waals surface area contributed by atoms with Crippen LogP contribution in [0.3, 0.4) is 0 Å². The molecule has 3 atom stereocenters. The summed E-state index contributed by atoms with van der Waals surface area (Å²) in [5.41, 5.74) is 7.05. The molecule has 1 aliphatic rings. The third-order valence-corrected chi connectivity index (χ3v) is 6.16. The van der Waals surface area contributed by atoms with E-state index in [1.165, 1.54) is 37.0 Å². The number of imidazole rings is 1. The van der Waals surface area contributed by atoms with E-state index in [1.807, 2.05) is 17.5 Å². The van der Waals surface area contributed by atoms with Crippen LogP contribution in [0.4, 0.5) is 5.82 Å². The molecule has 0 aromatic carbocycles. The van der Waals surface area contributed by atoms with E-state index in [0.717, 1.165) is 17.7 Å². The van der Waals surface area contributed by atoms with Gasteiger partial charge in [0.05, 0.1) is 11.5 Å². The number of hydrogen-bond acceptors (Lipinski definition) is 8. The summed E-state index contributed by atoms with van der Waals surface area (Å²) in [6, 6.07) is 3.83. The molecule has 0 radical (unpaired) electrons. The molecule has 8 nitrogen and oxygen atoms in total. The summed E-state index contributed by atoms with van der Waals surface area (Å²) < 4.78 is 7.37. The molecule has 164 valence electrons. The average molecular weight is 442 g/mol. The predicted molar refractivity (Wildman–Crippen MR) is 120 cm³/mol. The first kappa shape index (κ1) is 21.7. The van der Waals surface area contributed by atoms with Gasteiger partial charge in [0.1, 0.15) is 12.2 Å². The summed E-state index contributed by atoms with van der Waals surface area (Å²) in [4.78, 5) is 14.4. The summed E-state index contributed by atoms with van der Waals surface area (Å²) >= 11 is 1.50. The van der Waals surface area contributed by atoms with E-state index in [0.29, 0.717) is 22.8 Å². The SMILES string of the molecule is CCCCCCCC#Cc1nc(N)c2nc(-c3cccs3)n([C@@H]3OC[C@@H](O)[C@H]3O)c2n1. The van der Waals surface area contributed by atoms with E-state index in [9.17, 15) is 10.2 Å². The van der Waals surface area contributed by atoms with Gasteiger partial charge in [-0.1, -0.05) is 44.6 Å².